The highest BCUT2D eigenvalue weighted by atomic mass is 32.1. The summed E-state index contributed by atoms with van der Waals surface area (Å²) in [6, 6.07) is 7.96. The molecule has 1 aromatic carbocycles. The van der Waals surface area contributed by atoms with Gasteiger partial charge in [-0.2, -0.15) is 0 Å². The first-order valence-electron chi connectivity index (χ1n) is 6.05. The highest BCUT2D eigenvalue weighted by molar-refractivity contribution is 7.15. The molecule has 0 saturated carbocycles. The smallest absolute Gasteiger partial charge is 0.123 e. The van der Waals surface area contributed by atoms with Crippen LogP contribution in [0.1, 0.15) is 17.5 Å². The Morgan fingerprint density at radius 1 is 1.28 bits per heavy atom. The molecule has 0 aliphatic heterocycles. The van der Waals surface area contributed by atoms with Crippen molar-refractivity contribution < 1.29 is 9.84 Å². The van der Waals surface area contributed by atoms with Crippen LogP contribution in [0.25, 0.3) is 10.6 Å². The molecule has 3 nitrogen and oxygen atoms in total. The predicted molar refractivity (Wildman–Crippen MR) is 74.2 cm³/mol. The van der Waals surface area contributed by atoms with E-state index in [1.807, 2.05) is 38.1 Å². The van der Waals surface area contributed by atoms with Gasteiger partial charge >= 0.3 is 0 Å². The van der Waals surface area contributed by atoms with E-state index >= 15 is 0 Å². The third-order valence-corrected chi connectivity index (χ3v) is 3.91. The van der Waals surface area contributed by atoms with E-state index in [-0.39, 0.29) is 6.61 Å². The van der Waals surface area contributed by atoms with E-state index in [2.05, 4.69) is 4.98 Å². The molecule has 0 fully saturated rings. The van der Waals surface area contributed by atoms with Crippen LogP contribution < -0.4 is 4.74 Å². The Bertz CT molecular complexity index is 505. The monoisotopic (exact) mass is 263 g/mol. The second kappa shape index (κ2) is 5.98. The number of nitrogens with zero attached hydrogens (tertiary/aromatic N) is 1. The van der Waals surface area contributed by atoms with Crippen molar-refractivity contribution in [3.8, 4) is 16.3 Å². The van der Waals surface area contributed by atoms with Crippen LogP contribution in [0.4, 0.5) is 0 Å². The minimum Gasteiger partial charge on any atom is -0.494 e. The number of thiazole rings is 1. The maximum absolute atomic E-state index is 8.98. The van der Waals surface area contributed by atoms with Crippen molar-refractivity contribution in [3.63, 3.8) is 0 Å². The van der Waals surface area contributed by atoms with Crippen molar-refractivity contribution >= 4 is 11.3 Å². The number of aryl methyl sites for hydroxylation is 1. The molecule has 18 heavy (non-hydrogen) atoms. The molecule has 0 radical (unpaired) electrons. The van der Waals surface area contributed by atoms with Crippen LogP contribution in [-0.2, 0) is 6.42 Å². The standard InChI is InChI=1S/C14H17NO2S/c1-3-17-12-6-4-11(5-7-12)14-15-10(2)13(18-14)8-9-16/h4-7,16H,3,8-9H2,1-2H3. The summed E-state index contributed by atoms with van der Waals surface area (Å²) in [4.78, 5) is 5.70. The molecular formula is C14H17NO2S. The van der Waals surface area contributed by atoms with Gasteiger partial charge in [-0.15, -0.1) is 11.3 Å². The molecule has 4 heteroatoms. The molecule has 0 spiro atoms. The lowest BCUT2D eigenvalue weighted by atomic mass is 10.2. The van der Waals surface area contributed by atoms with Crippen molar-refractivity contribution in [2.75, 3.05) is 13.2 Å². The van der Waals surface area contributed by atoms with Crippen LogP contribution in [0.2, 0.25) is 0 Å². The van der Waals surface area contributed by atoms with E-state index in [0.29, 0.717) is 13.0 Å². The van der Waals surface area contributed by atoms with Gasteiger partial charge in [-0.25, -0.2) is 4.98 Å². The molecular weight excluding hydrogens is 246 g/mol. The van der Waals surface area contributed by atoms with Gasteiger partial charge in [0, 0.05) is 23.5 Å². The van der Waals surface area contributed by atoms with Gasteiger partial charge in [0.2, 0.25) is 0 Å². The molecule has 0 unspecified atom stereocenters. The van der Waals surface area contributed by atoms with Crippen molar-refractivity contribution in [1.82, 2.24) is 4.98 Å². The number of benzene rings is 1. The van der Waals surface area contributed by atoms with Crippen LogP contribution in [0.3, 0.4) is 0 Å². The summed E-state index contributed by atoms with van der Waals surface area (Å²) in [5, 5.41) is 9.98. The molecule has 96 valence electrons. The van der Waals surface area contributed by atoms with Gasteiger partial charge in [0.15, 0.2) is 0 Å². The Labute approximate surface area is 111 Å². The Kier molecular flexibility index (Phi) is 4.33. The highest BCUT2D eigenvalue weighted by Crippen LogP contribution is 2.29. The number of rotatable bonds is 5. The number of aromatic nitrogens is 1. The summed E-state index contributed by atoms with van der Waals surface area (Å²) in [5.41, 5.74) is 2.11. The Morgan fingerprint density at radius 2 is 2.00 bits per heavy atom. The quantitative estimate of drug-likeness (QED) is 0.901. The molecule has 0 bridgehead atoms. The summed E-state index contributed by atoms with van der Waals surface area (Å²) in [6.07, 6.45) is 0.681. The lowest BCUT2D eigenvalue weighted by molar-refractivity contribution is 0.300. The molecule has 0 aliphatic carbocycles. The molecule has 0 amide bonds. The summed E-state index contributed by atoms with van der Waals surface area (Å²) >= 11 is 1.64. The van der Waals surface area contributed by atoms with E-state index in [9.17, 15) is 0 Å². The first-order valence-corrected chi connectivity index (χ1v) is 6.86. The lowest BCUT2D eigenvalue weighted by Gasteiger charge is -2.02. The predicted octanol–water partition coefficient (Wildman–Crippen LogP) is 3.05. The van der Waals surface area contributed by atoms with Gasteiger partial charge in [-0.1, -0.05) is 0 Å². The van der Waals surface area contributed by atoms with Gasteiger partial charge < -0.3 is 9.84 Å². The Balaban J connectivity index is 2.22. The summed E-state index contributed by atoms with van der Waals surface area (Å²) in [5.74, 6) is 0.880. The van der Waals surface area contributed by atoms with E-state index < -0.39 is 0 Å². The Hall–Kier alpha value is -1.39. The number of aliphatic hydroxyl groups excluding tert-OH is 1. The van der Waals surface area contributed by atoms with Crippen LogP contribution in [-0.4, -0.2) is 23.3 Å². The largest absolute Gasteiger partial charge is 0.494 e. The number of aliphatic hydroxyl groups is 1. The lowest BCUT2D eigenvalue weighted by Crippen LogP contribution is -1.90. The fourth-order valence-electron chi connectivity index (χ4n) is 1.75. The van der Waals surface area contributed by atoms with Crippen LogP contribution in [0.5, 0.6) is 5.75 Å². The average molecular weight is 263 g/mol. The van der Waals surface area contributed by atoms with Crippen LogP contribution in [0, 0.1) is 6.92 Å². The zero-order chi connectivity index (χ0) is 13.0. The molecule has 1 N–H and O–H groups in total. The van der Waals surface area contributed by atoms with Gasteiger partial charge in [0.1, 0.15) is 10.8 Å². The van der Waals surface area contributed by atoms with Gasteiger partial charge in [0.25, 0.3) is 0 Å². The summed E-state index contributed by atoms with van der Waals surface area (Å²) in [7, 11) is 0. The normalized spacial score (nSPS) is 10.6. The van der Waals surface area contributed by atoms with Gasteiger partial charge in [-0.05, 0) is 38.1 Å². The number of hydrogen-bond donors (Lipinski definition) is 1. The molecule has 2 aromatic rings. The molecule has 1 aromatic heterocycles. The van der Waals surface area contributed by atoms with Gasteiger partial charge in [-0.3, -0.25) is 0 Å². The van der Waals surface area contributed by atoms with E-state index in [1.165, 1.54) is 0 Å². The minimum atomic E-state index is 0.172. The van der Waals surface area contributed by atoms with Crippen LogP contribution >= 0.6 is 11.3 Å². The first kappa shape index (κ1) is 13.1. The SMILES string of the molecule is CCOc1ccc(-c2nc(C)c(CCO)s2)cc1. The van der Waals surface area contributed by atoms with E-state index in [0.717, 1.165) is 26.9 Å². The topological polar surface area (TPSA) is 42.4 Å². The van der Waals surface area contributed by atoms with Crippen molar-refractivity contribution in [1.29, 1.82) is 0 Å². The summed E-state index contributed by atoms with van der Waals surface area (Å²) < 4.78 is 5.41. The zero-order valence-corrected chi connectivity index (χ0v) is 11.5. The minimum absolute atomic E-state index is 0.172. The maximum Gasteiger partial charge on any atom is 0.123 e. The Morgan fingerprint density at radius 3 is 2.61 bits per heavy atom. The maximum atomic E-state index is 8.98. The molecule has 0 atom stereocenters. The van der Waals surface area contributed by atoms with Gasteiger partial charge in [0.05, 0.1) is 12.3 Å². The van der Waals surface area contributed by atoms with Crippen LogP contribution in [0.15, 0.2) is 24.3 Å². The second-order valence-corrected chi connectivity index (χ2v) is 5.04. The first-order chi connectivity index (χ1) is 8.74. The van der Waals surface area contributed by atoms with E-state index in [4.69, 9.17) is 9.84 Å². The van der Waals surface area contributed by atoms with Crippen molar-refractivity contribution in [2.24, 2.45) is 0 Å². The van der Waals surface area contributed by atoms with Crippen molar-refractivity contribution in [3.05, 3.63) is 34.8 Å². The van der Waals surface area contributed by atoms with E-state index in [1.54, 1.807) is 11.3 Å². The molecule has 2 rings (SSSR count). The average Bonchev–Trinajstić information content (AvgIpc) is 2.73. The summed E-state index contributed by atoms with van der Waals surface area (Å²) in [6.45, 7) is 4.81. The fraction of sp³-hybridized carbons (Fsp3) is 0.357. The molecule has 0 aliphatic rings. The fourth-order valence-corrected chi connectivity index (χ4v) is 2.80. The third kappa shape index (κ3) is 2.89. The number of ether oxygens (including phenoxy) is 1. The number of hydrogen-bond acceptors (Lipinski definition) is 4. The highest BCUT2D eigenvalue weighted by Gasteiger charge is 2.08. The molecule has 1 heterocycles. The zero-order valence-electron chi connectivity index (χ0n) is 10.6. The molecule has 0 saturated heterocycles. The van der Waals surface area contributed by atoms with Crippen molar-refractivity contribution in [2.45, 2.75) is 20.3 Å². The third-order valence-electron chi connectivity index (χ3n) is 2.64. The second-order valence-electron chi connectivity index (χ2n) is 3.96.